The van der Waals surface area contributed by atoms with Crippen molar-refractivity contribution in [3.8, 4) is 0 Å². The predicted molar refractivity (Wildman–Crippen MR) is 80.6 cm³/mol. The highest BCUT2D eigenvalue weighted by Crippen LogP contribution is 2.14. The molecule has 0 saturated carbocycles. The fourth-order valence-corrected chi connectivity index (χ4v) is 2.68. The number of hydrogen-bond acceptors (Lipinski definition) is 3. The summed E-state index contributed by atoms with van der Waals surface area (Å²) in [5.74, 6) is 0.455. The van der Waals surface area contributed by atoms with Crippen molar-refractivity contribution < 1.29 is 0 Å². The Bertz CT molecular complexity index is 519. The minimum atomic E-state index is 0.455. The maximum absolute atomic E-state index is 5.76. The number of hydrogen-bond donors (Lipinski definition) is 1. The van der Waals surface area contributed by atoms with Crippen molar-refractivity contribution in [3.05, 3.63) is 34.9 Å². The average molecular weight is 275 g/mol. The van der Waals surface area contributed by atoms with Gasteiger partial charge in [0.15, 0.2) is 0 Å². The second-order valence-corrected chi connectivity index (χ2v) is 5.66. The van der Waals surface area contributed by atoms with Gasteiger partial charge in [0, 0.05) is 24.5 Å². The molecule has 0 radical (unpaired) electrons. The van der Waals surface area contributed by atoms with E-state index < -0.39 is 0 Å². The molecule has 5 nitrogen and oxygen atoms in total. The SMILES string of the molecule is Cc1cc(C)n(CC(CCN)Cn2nc(C)cc2C)n1. The molecule has 0 aliphatic heterocycles. The van der Waals surface area contributed by atoms with Gasteiger partial charge in [-0.3, -0.25) is 9.36 Å². The standard InChI is InChI=1S/C15H25N5/c1-11-7-13(3)19(17-11)9-15(5-6-16)10-20-14(4)8-12(2)18-20/h7-8,15H,5-6,9-10,16H2,1-4H3. The van der Waals surface area contributed by atoms with E-state index in [0.717, 1.165) is 30.9 Å². The van der Waals surface area contributed by atoms with Crippen molar-refractivity contribution in [2.75, 3.05) is 6.54 Å². The van der Waals surface area contributed by atoms with Crippen molar-refractivity contribution in [2.24, 2.45) is 11.7 Å². The van der Waals surface area contributed by atoms with E-state index in [1.54, 1.807) is 0 Å². The van der Waals surface area contributed by atoms with Crippen LogP contribution in [0.5, 0.6) is 0 Å². The number of aryl methyl sites for hydroxylation is 4. The van der Waals surface area contributed by atoms with E-state index in [1.807, 2.05) is 13.8 Å². The molecule has 2 heterocycles. The Balaban J connectivity index is 2.11. The zero-order valence-electron chi connectivity index (χ0n) is 12.9. The minimum Gasteiger partial charge on any atom is -0.330 e. The third kappa shape index (κ3) is 3.48. The van der Waals surface area contributed by atoms with Crippen molar-refractivity contribution in [3.63, 3.8) is 0 Å². The maximum atomic E-state index is 5.76. The van der Waals surface area contributed by atoms with E-state index in [2.05, 4.69) is 45.5 Å². The molecular formula is C15H25N5. The lowest BCUT2D eigenvalue weighted by Gasteiger charge is -2.18. The van der Waals surface area contributed by atoms with Crippen molar-refractivity contribution >= 4 is 0 Å². The molecule has 0 bridgehead atoms. The molecule has 0 unspecified atom stereocenters. The highest BCUT2D eigenvalue weighted by Gasteiger charge is 2.14. The molecule has 2 aromatic rings. The molecule has 0 saturated heterocycles. The summed E-state index contributed by atoms with van der Waals surface area (Å²) in [4.78, 5) is 0. The molecule has 2 aromatic heterocycles. The van der Waals surface area contributed by atoms with Crippen LogP contribution in [0.25, 0.3) is 0 Å². The van der Waals surface area contributed by atoms with Crippen LogP contribution in [0.15, 0.2) is 12.1 Å². The zero-order chi connectivity index (χ0) is 14.7. The Labute approximate surface area is 120 Å². The lowest BCUT2D eigenvalue weighted by Crippen LogP contribution is -2.22. The average Bonchev–Trinajstić information content (AvgIpc) is 2.82. The number of rotatable bonds is 6. The molecule has 0 amide bonds. The summed E-state index contributed by atoms with van der Waals surface area (Å²) >= 11 is 0. The largest absolute Gasteiger partial charge is 0.330 e. The first-order chi connectivity index (χ1) is 9.49. The fraction of sp³-hybridized carbons (Fsp3) is 0.600. The van der Waals surface area contributed by atoms with Gasteiger partial charge in [0.25, 0.3) is 0 Å². The van der Waals surface area contributed by atoms with E-state index in [0.29, 0.717) is 12.5 Å². The van der Waals surface area contributed by atoms with Gasteiger partial charge < -0.3 is 5.73 Å². The molecule has 2 N–H and O–H groups in total. The Morgan fingerprint density at radius 3 is 1.70 bits per heavy atom. The molecule has 0 fully saturated rings. The zero-order valence-corrected chi connectivity index (χ0v) is 12.9. The van der Waals surface area contributed by atoms with Gasteiger partial charge in [-0.1, -0.05) is 0 Å². The van der Waals surface area contributed by atoms with Crippen LogP contribution in [0, 0.1) is 33.6 Å². The van der Waals surface area contributed by atoms with Crippen molar-refractivity contribution in [1.29, 1.82) is 0 Å². The van der Waals surface area contributed by atoms with Crippen molar-refractivity contribution in [2.45, 2.75) is 47.2 Å². The molecule has 0 spiro atoms. The summed E-state index contributed by atoms with van der Waals surface area (Å²) in [6, 6.07) is 4.23. The number of aromatic nitrogens is 4. The first-order valence-corrected chi connectivity index (χ1v) is 7.21. The maximum Gasteiger partial charge on any atom is 0.0596 e. The summed E-state index contributed by atoms with van der Waals surface area (Å²) in [6.45, 7) is 10.8. The van der Waals surface area contributed by atoms with Crippen LogP contribution in [-0.4, -0.2) is 26.1 Å². The normalized spacial score (nSPS) is 11.5. The Hall–Kier alpha value is -1.62. The van der Waals surface area contributed by atoms with Crippen LogP contribution in [0.4, 0.5) is 0 Å². The van der Waals surface area contributed by atoms with E-state index in [1.165, 1.54) is 11.4 Å². The summed E-state index contributed by atoms with van der Waals surface area (Å²) in [5.41, 5.74) is 10.3. The Morgan fingerprint density at radius 2 is 1.40 bits per heavy atom. The smallest absolute Gasteiger partial charge is 0.0596 e. The second-order valence-electron chi connectivity index (χ2n) is 5.66. The van der Waals surface area contributed by atoms with Gasteiger partial charge in [0.2, 0.25) is 0 Å². The summed E-state index contributed by atoms with van der Waals surface area (Å²) in [7, 11) is 0. The van der Waals surface area contributed by atoms with Gasteiger partial charge in [0.1, 0.15) is 0 Å². The van der Waals surface area contributed by atoms with E-state index in [-0.39, 0.29) is 0 Å². The molecule has 2 rings (SSSR count). The first kappa shape index (κ1) is 14.8. The van der Waals surface area contributed by atoms with E-state index in [9.17, 15) is 0 Å². The quantitative estimate of drug-likeness (QED) is 0.877. The van der Waals surface area contributed by atoms with Gasteiger partial charge in [-0.15, -0.1) is 0 Å². The molecule has 0 aliphatic rings. The van der Waals surface area contributed by atoms with Gasteiger partial charge >= 0.3 is 0 Å². The second kappa shape index (κ2) is 6.22. The van der Waals surface area contributed by atoms with Crippen molar-refractivity contribution in [1.82, 2.24) is 19.6 Å². The summed E-state index contributed by atoms with van der Waals surface area (Å²) in [5, 5.41) is 9.10. The van der Waals surface area contributed by atoms with Crippen LogP contribution in [0.1, 0.15) is 29.2 Å². The van der Waals surface area contributed by atoms with Gasteiger partial charge in [0.05, 0.1) is 11.4 Å². The van der Waals surface area contributed by atoms with Gasteiger partial charge in [-0.25, -0.2) is 0 Å². The van der Waals surface area contributed by atoms with E-state index >= 15 is 0 Å². The molecule has 0 aromatic carbocycles. The third-order valence-corrected chi connectivity index (χ3v) is 3.64. The van der Waals surface area contributed by atoms with Gasteiger partial charge in [-0.05, 0) is 58.7 Å². The topological polar surface area (TPSA) is 61.7 Å². The van der Waals surface area contributed by atoms with Crippen LogP contribution in [0.2, 0.25) is 0 Å². The van der Waals surface area contributed by atoms with Crippen LogP contribution < -0.4 is 5.73 Å². The lowest BCUT2D eigenvalue weighted by atomic mass is 10.1. The fourth-order valence-electron chi connectivity index (χ4n) is 2.68. The predicted octanol–water partition coefficient (Wildman–Crippen LogP) is 1.98. The summed E-state index contributed by atoms with van der Waals surface area (Å²) < 4.78 is 4.17. The highest BCUT2D eigenvalue weighted by atomic mass is 15.3. The lowest BCUT2D eigenvalue weighted by molar-refractivity contribution is 0.330. The highest BCUT2D eigenvalue weighted by molar-refractivity contribution is 5.07. The molecule has 110 valence electrons. The number of nitrogens with two attached hydrogens (primary N) is 1. The first-order valence-electron chi connectivity index (χ1n) is 7.21. The summed E-state index contributed by atoms with van der Waals surface area (Å²) in [6.07, 6.45) is 0.983. The number of nitrogens with zero attached hydrogens (tertiary/aromatic N) is 4. The van der Waals surface area contributed by atoms with Gasteiger partial charge in [-0.2, -0.15) is 10.2 Å². The molecular weight excluding hydrogens is 250 g/mol. The Morgan fingerprint density at radius 1 is 0.950 bits per heavy atom. The molecule has 0 atom stereocenters. The van der Waals surface area contributed by atoms with E-state index in [4.69, 9.17) is 5.73 Å². The molecule has 5 heteroatoms. The molecule has 0 aliphatic carbocycles. The van der Waals surface area contributed by atoms with Crippen LogP contribution in [-0.2, 0) is 13.1 Å². The molecule has 20 heavy (non-hydrogen) atoms. The van der Waals surface area contributed by atoms with Crippen LogP contribution >= 0.6 is 0 Å². The minimum absolute atomic E-state index is 0.455. The monoisotopic (exact) mass is 275 g/mol. The third-order valence-electron chi connectivity index (χ3n) is 3.64. The Kier molecular flexibility index (Phi) is 4.60. The van der Waals surface area contributed by atoms with Crippen LogP contribution in [0.3, 0.4) is 0 Å².